The smallest absolute Gasteiger partial charge is 0.175 e. The van der Waals surface area contributed by atoms with Crippen LogP contribution in [0.4, 0.5) is 11.4 Å². The zero-order valence-electron chi connectivity index (χ0n) is 14.1. The van der Waals surface area contributed by atoms with Gasteiger partial charge in [-0.15, -0.1) is 0 Å². The molecule has 0 bridgehead atoms. The van der Waals surface area contributed by atoms with Gasteiger partial charge in [-0.1, -0.05) is 41.9 Å². The number of hydrogen-bond donors (Lipinski definition) is 2. The molecule has 0 spiro atoms. The molecule has 0 saturated carbocycles. The molecule has 0 saturated heterocycles. The fourth-order valence-electron chi connectivity index (χ4n) is 2.59. The Morgan fingerprint density at radius 2 is 1.72 bits per heavy atom. The zero-order chi connectivity index (χ0) is 17.8. The van der Waals surface area contributed by atoms with E-state index in [-0.39, 0.29) is 0 Å². The van der Waals surface area contributed by atoms with Gasteiger partial charge in [-0.2, -0.15) is 5.10 Å². The Labute approximate surface area is 157 Å². The van der Waals surface area contributed by atoms with Crippen molar-refractivity contribution in [1.82, 2.24) is 9.78 Å². The maximum Gasteiger partial charge on any atom is 0.175 e. The molecule has 3 rings (SSSR count). The Morgan fingerprint density at radius 3 is 2.40 bits per heavy atom. The molecule has 0 unspecified atom stereocenters. The van der Waals surface area contributed by atoms with Gasteiger partial charge in [0.15, 0.2) is 5.11 Å². The molecule has 0 amide bonds. The van der Waals surface area contributed by atoms with Crippen molar-refractivity contribution in [2.45, 2.75) is 20.4 Å². The van der Waals surface area contributed by atoms with Gasteiger partial charge in [-0.25, -0.2) is 0 Å². The number of nitrogens with one attached hydrogen (secondary N) is 2. The first-order chi connectivity index (χ1) is 12.0. The van der Waals surface area contributed by atoms with E-state index in [1.165, 1.54) is 0 Å². The van der Waals surface area contributed by atoms with Crippen LogP contribution in [0.1, 0.15) is 17.0 Å². The number of halogens is 1. The summed E-state index contributed by atoms with van der Waals surface area (Å²) in [5.74, 6) is 0. The lowest BCUT2D eigenvalue weighted by Gasteiger charge is -2.11. The van der Waals surface area contributed by atoms with Crippen LogP contribution in [0.5, 0.6) is 0 Å². The number of anilines is 2. The Kier molecular flexibility index (Phi) is 5.36. The molecule has 0 radical (unpaired) electrons. The number of thiocarbonyl (C=S) groups is 1. The van der Waals surface area contributed by atoms with Crippen molar-refractivity contribution < 1.29 is 0 Å². The summed E-state index contributed by atoms with van der Waals surface area (Å²) in [6.07, 6.45) is 0. The van der Waals surface area contributed by atoms with Crippen LogP contribution in [0, 0.1) is 13.8 Å². The van der Waals surface area contributed by atoms with E-state index < -0.39 is 0 Å². The van der Waals surface area contributed by atoms with Crippen LogP contribution in [0.3, 0.4) is 0 Å². The molecule has 0 aliphatic rings. The van der Waals surface area contributed by atoms with E-state index in [9.17, 15) is 0 Å². The van der Waals surface area contributed by atoms with Crippen LogP contribution in [0.15, 0.2) is 54.6 Å². The van der Waals surface area contributed by atoms with Crippen LogP contribution in [-0.2, 0) is 6.54 Å². The van der Waals surface area contributed by atoms with Gasteiger partial charge in [0, 0.05) is 10.7 Å². The molecule has 0 aliphatic carbocycles. The van der Waals surface area contributed by atoms with E-state index in [0.717, 1.165) is 33.3 Å². The van der Waals surface area contributed by atoms with Gasteiger partial charge < -0.3 is 10.6 Å². The van der Waals surface area contributed by atoms with Gasteiger partial charge >= 0.3 is 0 Å². The number of rotatable bonds is 4. The zero-order valence-corrected chi connectivity index (χ0v) is 15.7. The number of para-hydroxylation sites is 1. The molecular formula is C19H19ClN4S. The highest BCUT2D eigenvalue weighted by Crippen LogP contribution is 2.21. The molecular weight excluding hydrogens is 352 g/mol. The Bertz CT molecular complexity index is 872. The van der Waals surface area contributed by atoms with Crippen molar-refractivity contribution in [3.8, 4) is 0 Å². The second-order valence-corrected chi connectivity index (χ2v) is 6.62. The number of nitrogens with zero attached hydrogens (tertiary/aromatic N) is 2. The quantitative estimate of drug-likeness (QED) is 0.633. The van der Waals surface area contributed by atoms with E-state index in [1.807, 2.05) is 73.1 Å². The number of aromatic nitrogens is 2. The topological polar surface area (TPSA) is 41.9 Å². The molecule has 1 aromatic heterocycles. The van der Waals surface area contributed by atoms with Gasteiger partial charge in [0.05, 0.1) is 23.6 Å². The Hall–Kier alpha value is -2.37. The first-order valence-electron chi connectivity index (χ1n) is 7.94. The molecule has 2 aromatic carbocycles. The van der Waals surface area contributed by atoms with E-state index in [0.29, 0.717) is 11.7 Å². The molecule has 0 atom stereocenters. The molecule has 0 fully saturated rings. The minimum atomic E-state index is 0.545. The first-order valence-corrected chi connectivity index (χ1v) is 8.73. The molecule has 1 heterocycles. The minimum Gasteiger partial charge on any atom is -0.332 e. The van der Waals surface area contributed by atoms with Crippen molar-refractivity contribution in [2.24, 2.45) is 0 Å². The van der Waals surface area contributed by atoms with Crippen molar-refractivity contribution in [3.05, 3.63) is 76.6 Å². The van der Waals surface area contributed by atoms with Crippen molar-refractivity contribution >= 4 is 40.3 Å². The minimum absolute atomic E-state index is 0.545. The molecule has 2 N–H and O–H groups in total. The molecule has 0 aliphatic heterocycles. The van der Waals surface area contributed by atoms with Gasteiger partial charge in [0.2, 0.25) is 0 Å². The highest BCUT2D eigenvalue weighted by Gasteiger charge is 2.13. The van der Waals surface area contributed by atoms with Crippen LogP contribution < -0.4 is 10.6 Å². The second kappa shape index (κ2) is 7.68. The summed E-state index contributed by atoms with van der Waals surface area (Å²) in [5, 5.41) is 12.3. The lowest BCUT2D eigenvalue weighted by atomic mass is 10.2. The third kappa shape index (κ3) is 4.38. The summed E-state index contributed by atoms with van der Waals surface area (Å²) >= 11 is 11.4. The third-order valence-electron chi connectivity index (χ3n) is 3.90. The monoisotopic (exact) mass is 370 g/mol. The lowest BCUT2D eigenvalue weighted by molar-refractivity contribution is 0.659. The van der Waals surface area contributed by atoms with Crippen molar-refractivity contribution in [3.63, 3.8) is 0 Å². The highest BCUT2D eigenvalue weighted by molar-refractivity contribution is 7.80. The van der Waals surface area contributed by atoms with Crippen molar-refractivity contribution in [1.29, 1.82) is 0 Å². The summed E-state index contributed by atoms with van der Waals surface area (Å²) in [6, 6.07) is 17.6. The summed E-state index contributed by atoms with van der Waals surface area (Å²) in [7, 11) is 0. The summed E-state index contributed by atoms with van der Waals surface area (Å²) < 4.78 is 1.96. The third-order valence-corrected chi connectivity index (χ3v) is 4.35. The molecule has 4 nitrogen and oxygen atoms in total. The summed E-state index contributed by atoms with van der Waals surface area (Å²) in [5.41, 5.74) is 4.96. The van der Waals surface area contributed by atoms with Crippen LogP contribution in [0.2, 0.25) is 5.02 Å². The molecule has 25 heavy (non-hydrogen) atoms. The van der Waals surface area contributed by atoms with E-state index in [4.69, 9.17) is 23.8 Å². The number of benzene rings is 2. The van der Waals surface area contributed by atoms with E-state index in [2.05, 4.69) is 15.7 Å². The maximum atomic E-state index is 5.95. The average molecular weight is 371 g/mol. The van der Waals surface area contributed by atoms with Gasteiger partial charge in [0.1, 0.15) is 0 Å². The lowest BCUT2D eigenvalue weighted by Crippen LogP contribution is -2.19. The van der Waals surface area contributed by atoms with E-state index >= 15 is 0 Å². The molecule has 128 valence electrons. The molecule has 3 aromatic rings. The number of hydrogen-bond acceptors (Lipinski definition) is 2. The standard InChI is InChI=1S/C19H19ClN4S/c1-13-18(22-19(25)21-17-6-4-3-5-7-17)14(2)24(23-13)12-15-8-10-16(20)11-9-15/h3-11H,12H2,1-2H3,(H2,21,22,25). The number of aryl methyl sites for hydroxylation is 1. The van der Waals surface area contributed by atoms with Gasteiger partial charge in [0.25, 0.3) is 0 Å². The summed E-state index contributed by atoms with van der Waals surface area (Å²) in [4.78, 5) is 0. The van der Waals surface area contributed by atoms with E-state index in [1.54, 1.807) is 0 Å². The predicted octanol–water partition coefficient (Wildman–Crippen LogP) is 5.01. The Balaban J connectivity index is 1.73. The SMILES string of the molecule is Cc1nn(Cc2ccc(Cl)cc2)c(C)c1NC(=S)Nc1ccccc1. The van der Waals surface area contributed by atoms with Gasteiger partial charge in [-0.3, -0.25) is 4.68 Å². The molecule has 6 heteroatoms. The van der Waals surface area contributed by atoms with Gasteiger partial charge in [-0.05, 0) is 55.9 Å². The average Bonchev–Trinajstić information content (AvgIpc) is 2.85. The largest absolute Gasteiger partial charge is 0.332 e. The normalized spacial score (nSPS) is 10.5. The Morgan fingerprint density at radius 1 is 1.04 bits per heavy atom. The summed E-state index contributed by atoms with van der Waals surface area (Å²) in [6.45, 7) is 4.69. The maximum absolute atomic E-state index is 5.95. The van der Waals surface area contributed by atoms with Crippen LogP contribution in [-0.4, -0.2) is 14.9 Å². The fraction of sp³-hybridized carbons (Fsp3) is 0.158. The second-order valence-electron chi connectivity index (χ2n) is 5.78. The predicted molar refractivity (Wildman–Crippen MR) is 109 cm³/mol. The van der Waals surface area contributed by atoms with Crippen molar-refractivity contribution in [2.75, 3.05) is 10.6 Å². The van der Waals surface area contributed by atoms with Crippen LogP contribution in [0.25, 0.3) is 0 Å². The van der Waals surface area contributed by atoms with Crippen LogP contribution >= 0.6 is 23.8 Å². The first kappa shape index (κ1) is 17.5. The highest BCUT2D eigenvalue weighted by atomic mass is 35.5. The fourth-order valence-corrected chi connectivity index (χ4v) is 2.94.